The Hall–Kier alpha value is -0.330. The number of hydrogen-bond acceptors (Lipinski definition) is 2. The zero-order valence-corrected chi connectivity index (χ0v) is 11.8. The Balaban J connectivity index is 2.98. The van der Waals surface area contributed by atoms with Crippen LogP contribution in [0.2, 0.25) is 5.02 Å². The Morgan fingerprint density at radius 3 is 2.81 bits per heavy atom. The molecular formula is C11H13ClINO2. The maximum absolute atomic E-state index is 12.1. The standard InChI is InChI=1S/C11H13ClINO2/c1-2-14(5-6-15)11(16)9-7-8(12)3-4-10(9)13/h3-4,7,15H,2,5-6H2,1H3. The Bertz CT molecular complexity index is 384. The Morgan fingerprint density at radius 1 is 1.56 bits per heavy atom. The number of amides is 1. The van der Waals surface area contributed by atoms with Gasteiger partial charge in [-0.2, -0.15) is 0 Å². The van der Waals surface area contributed by atoms with E-state index in [4.69, 9.17) is 16.7 Å². The molecule has 0 bridgehead atoms. The van der Waals surface area contributed by atoms with Gasteiger partial charge in [-0.05, 0) is 47.7 Å². The number of benzene rings is 1. The van der Waals surface area contributed by atoms with E-state index in [-0.39, 0.29) is 12.5 Å². The van der Waals surface area contributed by atoms with Crippen molar-refractivity contribution >= 4 is 40.1 Å². The normalized spacial score (nSPS) is 10.2. The Kier molecular flexibility index (Phi) is 5.51. The van der Waals surface area contributed by atoms with Crippen molar-refractivity contribution in [3.05, 3.63) is 32.4 Å². The lowest BCUT2D eigenvalue weighted by molar-refractivity contribution is 0.0731. The molecule has 0 aliphatic heterocycles. The van der Waals surface area contributed by atoms with E-state index in [1.807, 2.05) is 13.0 Å². The van der Waals surface area contributed by atoms with Crippen LogP contribution in [-0.4, -0.2) is 35.6 Å². The lowest BCUT2D eigenvalue weighted by atomic mass is 10.2. The van der Waals surface area contributed by atoms with E-state index in [2.05, 4.69) is 22.6 Å². The van der Waals surface area contributed by atoms with Crippen molar-refractivity contribution in [2.24, 2.45) is 0 Å². The molecule has 1 rings (SSSR count). The van der Waals surface area contributed by atoms with Crippen molar-refractivity contribution in [3.8, 4) is 0 Å². The Labute approximate surface area is 114 Å². The van der Waals surface area contributed by atoms with Crippen LogP contribution in [0, 0.1) is 3.57 Å². The first-order chi connectivity index (χ1) is 7.60. The van der Waals surface area contributed by atoms with Crippen LogP contribution >= 0.6 is 34.2 Å². The molecule has 0 spiro atoms. The van der Waals surface area contributed by atoms with Gasteiger partial charge in [0.05, 0.1) is 12.2 Å². The highest BCUT2D eigenvalue weighted by Gasteiger charge is 2.16. The van der Waals surface area contributed by atoms with E-state index in [0.29, 0.717) is 23.7 Å². The number of carbonyl (C=O) groups is 1. The third-order valence-electron chi connectivity index (χ3n) is 2.20. The summed E-state index contributed by atoms with van der Waals surface area (Å²) in [4.78, 5) is 13.7. The first-order valence-electron chi connectivity index (χ1n) is 4.95. The smallest absolute Gasteiger partial charge is 0.255 e. The average Bonchev–Trinajstić information content (AvgIpc) is 2.28. The zero-order valence-electron chi connectivity index (χ0n) is 8.91. The molecular weight excluding hydrogens is 340 g/mol. The number of aliphatic hydroxyl groups is 1. The number of likely N-dealkylation sites (N-methyl/N-ethyl adjacent to an activating group) is 1. The van der Waals surface area contributed by atoms with Crippen molar-refractivity contribution in [1.29, 1.82) is 0 Å². The molecule has 5 heteroatoms. The van der Waals surface area contributed by atoms with E-state index in [1.165, 1.54) is 0 Å². The summed E-state index contributed by atoms with van der Waals surface area (Å²) in [5.74, 6) is -0.0940. The fraction of sp³-hybridized carbons (Fsp3) is 0.364. The molecule has 1 aromatic rings. The third-order valence-corrected chi connectivity index (χ3v) is 3.37. The highest BCUT2D eigenvalue weighted by atomic mass is 127. The lowest BCUT2D eigenvalue weighted by Crippen LogP contribution is -2.33. The van der Waals surface area contributed by atoms with E-state index in [0.717, 1.165) is 3.57 Å². The van der Waals surface area contributed by atoms with Gasteiger partial charge in [-0.15, -0.1) is 0 Å². The number of halogens is 2. The molecule has 3 nitrogen and oxygen atoms in total. The van der Waals surface area contributed by atoms with Gasteiger partial charge in [-0.1, -0.05) is 11.6 Å². The minimum atomic E-state index is -0.0940. The molecule has 0 unspecified atom stereocenters. The number of hydrogen-bond donors (Lipinski definition) is 1. The SMILES string of the molecule is CCN(CCO)C(=O)c1cc(Cl)ccc1I. The van der Waals surface area contributed by atoms with Crippen LogP contribution in [0.25, 0.3) is 0 Å². The fourth-order valence-corrected chi connectivity index (χ4v) is 2.09. The van der Waals surface area contributed by atoms with E-state index >= 15 is 0 Å². The monoisotopic (exact) mass is 353 g/mol. The van der Waals surface area contributed by atoms with E-state index in [9.17, 15) is 4.79 Å². The number of rotatable bonds is 4. The average molecular weight is 354 g/mol. The molecule has 0 heterocycles. The quantitative estimate of drug-likeness (QED) is 0.845. The molecule has 0 radical (unpaired) electrons. The van der Waals surface area contributed by atoms with E-state index < -0.39 is 0 Å². The summed E-state index contributed by atoms with van der Waals surface area (Å²) in [5.41, 5.74) is 0.586. The molecule has 1 amide bonds. The number of carbonyl (C=O) groups excluding carboxylic acids is 1. The number of nitrogens with zero attached hydrogens (tertiary/aromatic N) is 1. The highest BCUT2D eigenvalue weighted by Crippen LogP contribution is 2.19. The van der Waals surface area contributed by atoms with Crippen LogP contribution in [0.1, 0.15) is 17.3 Å². The van der Waals surface area contributed by atoms with Crippen LogP contribution in [0.3, 0.4) is 0 Å². The summed E-state index contributed by atoms with van der Waals surface area (Å²) in [6, 6.07) is 5.22. The van der Waals surface area contributed by atoms with Crippen LogP contribution in [0.5, 0.6) is 0 Å². The Morgan fingerprint density at radius 2 is 2.25 bits per heavy atom. The van der Waals surface area contributed by atoms with Gasteiger partial charge in [0.2, 0.25) is 0 Å². The lowest BCUT2D eigenvalue weighted by Gasteiger charge is -2.20. The summed E-state index contributed by atoms with van der Waals surface area (Å²) < 4.78 is 0.864. The molecule has 0 saturated heterocycles. The van der Waals surface area contributed by atoms with Gasteiger partial charge in [0.15, 0.2) is 0 Å². The highest BCUT2D eigenvalue weighted by molar-refractivity contribution is 14.1. The van der Waals surface area contributed by atoms with E-state index in [1.54, 1.807) is 17.0 Å². The predicted octanol–water partition coefficient (Wildman–Crippen LogP) is 2.40. The van der Waals surface area contributed by atoms with Crippen molar-refractivity contribution in [2.45, 2.75) is 6.92 Å². The van der Waals surface area contributed by atoms with Gasteiger partial charge >= 0.3 is 0 Å². The van der Waals surface area contributed by atoms with Gasteiger partial charge in [-0.25, -0.2) is 0 Å². The van der Waals surface area contributed by atoms with Gasteiger partial charge in [0.25, 0.3) is 5.91 Å². The van der Waals surface area contributed by atoms with Crippen LogP contribution in [-0.2, 0) is 0 Å². The molecule has 16 heavy (non-hydrogen) atoms. The van der Waals surface area contributed by atoms with Gasteiger partial charge in [0, 0.05) is 21.7 Å². The molecule has 1 N–H and O–H groups in total. The van der Waals surface area contributed by atoms with Crippen molar-refractivity contribution < 1.29 is 9.90 Å². The second kappa shape index (κ2) is 6.42. The molecule has 0 atom stereocenters. The maximum Gasteiger partial charge on any atom is 0.255 e. The molecule has 0 aliphatic carbocycles. The summed E-state index contributed by atoms with van der Waals surface area (Å²) in [5, 5.41) is 9.41. The molecule has 0 saturated carbocycles. The maximum atomic E-state index is 12.1. The second-order valence-corrected chi connectivity index (χ2v) is 4.83. The van der Waals surface area contributed by atoms with Crippen molar-refractivity contribution in [2.75, 3.05) is 19.7 Å². The largest absolute Gasteiger partial charge is 0.395 e. The first-order valence-corrected chi connectivity index (χ1v) is 6.41. The summed E-state index contributed by atoms with van der Waals surface area (Å²) >= 11 is 7.96. The zero-order chi connectivity index (χ0) is 12.1. The number of aliphatic hydroxyl groups excluding tert-OH is 1. The van der Waals surface area contributed by atoms with Gasteiger partial charge in [0.1, 0.15) is 0 Å². The van der Waals surface area contributed by atoms with Gasteiger partial charge < -0.3 is 10.0 Å². The molecule has 88 valence electrons. The fourth-order valence-electron chi connectivity index (χ4n) is 1.36. The summed E-state index contributed by atoms with van der Waals surface area (Å²) in [6.45, 7) is 2.77. The second-order valence-electron chi connectivity index (χ2n) is 3.23. The van der Waals surface area contributed by atoms with Crippen LogP contribution in [0.4, 0.5) is 0 Å². The van der Waals surface area contributed by atoms with Crippen molar-refractivity contribution in [3.63, 3.8) is 0 Å². The minimum Gasteiger partial charge on any atom is -0.395 e. The minimum absolute atomic E-state index is 0.0310. The summed E-state index contributed by atoms with van der Waals surface area (Å²) in [6.07, 6.45) is 0. The van der Waals surface area contributed by atoms with Crippen LogP contribution < -0.4 is 0 Å². The first kappa shape index (κ1) is 13.7. The van der Waals surface area contributed by atoms with Crippen molar-refractivity contribution in [1.82, 2.24) is 4.90 Å². The molecule has 0 fully saturated rings. The van der Waals surface area contributed by atoms with Gasteiger partial charge in [-0.3, -0.25) is 4.79 Å². The van der Waals surface area contributed by atoms with Crippen LogP contribution in [0.15, 0.2) is 18.2 Å². The molecule has 1 aromatic carbocycles. The molecule has 0 aromatic heterocycles. The predicted molar refractivity (Wildman–Crippen MR) is 72.8 cm³/mol. The molecule has 0 aliphatic rings. The summed E-state index contributed by atoms with van der Waals surface area (Å²) in [7, 11) is 0. The topological polar surface area (TPSA) is 40.5 Å². The third kappa shape index (κ3) is 3.33.